The molecule has 5 N–H and O–H groups in total. The molecule has 1 fully saturated rings. The summed E-state index contributed by atoms with van der Waals surface area (Å²) in [6.45, 7) is -0.342. The number of aromatic nitrogens is 2. The number of rotatable bonds is 2. The van der Waals surface area contributed by atoms with E-state index in [0.29, 0.717) is 0 Å². The summed E-state index contributed by atoms with van der Waals surface area (Å²) < 4.78 is 6.36. The molecule has 2 unspecified atom stereocenters. The first kappa shape index (κ1) is 11.8. The van der Waals surface area contributed by atoms with Crippen LogP contribution in [0.25, 0.3) is 0 Å². The predicted octanol–water partition coefficient (Wildman–Crippen LogP) is -2.24. The normalized spacial score (nSPS) is 28.5. The summed E-state index contributed by atoms with van der Waals surface area (Å²) >= 11 is 0. The number of hydrogen-bond acceptors (Lipinski definition) is 6. The molecule has 2 heterocycles. The highest BCUT2D eigenvalue weighted by Gasteiger charge is 2.34. The molecule has 1 aromatic rings. The highest BCUT2D eigenvalue weighted by atomic mass is 16.5. The average molecular weight is 243 g/mol. The van der Waals surface area contributed by atoms with Crippen molar-refractivity contribution in [2.24, 2.45) is 0 Å². The van der Waals surface area contributed by atoms with Crippen LogP contribution in [0, 0.1) is 0 Å². The summed E-state index contributed by atoms with van der Waals surface area (Å²) in [7, 11) is 0. The molecule has 94 valence electrons. The molecule has 0 amide bonds. The maximum atomic E-state index is 11.5. The minimum Gasteiger partial charge on any atom is -0.394 e. The van der Waals surface area contributed by atoms with E-state index in [2.05, 4.69) is 0 Å². The Labute approximate surface area is 95.3 Å². The minimum atomic E-state index is -0.856. The molecule has 0 bridgehead atoms. The number of nitrogens with two attached hydrogens (primary N) is 1. The molecule has 0 radical (unpaired) electrons. The molecule has 3 atom stereocenters. The number of anilines is 1. The fraction of sp³-hybridized carbons (Fsp3) is 0.556. The van der Waals surface area contributed by atoms with Gasteiger partial charge in [0.25, 0.3) is 5.56 Å². The summed E-state index contributed by atoms with van der Waals surface area (Å²) in [5, 5.41) is 18.4. The van der Waals surface area contributed by atoms with Crippen LogP contribution in [0.3, 0.4) is 0 Å². The van der Waals surface area contributed by atoms with E-state index < -0.39 is 29.7 Å². The molecular weight excluding hydrogens is 230 g/mol. The second-order valence-electron chi connectivity index (χ2n) is 3.87. The highest BCUT2D eigenvalue weighted by Crippen LogP contribution is 2.27. The lowest BCUT2D eigenvalue weighted by Gasteiger charge is -2.14. The molecule has 0 saturated carbocycles. The summed E-state index contributed by atoms with van der Waals surface area (Å²) in [5.41, 5.74) is 3.94. The van der Waals surface area contributed by atoms with Gasteiger partial charge >= 0.3 is 5.69 Å². The van der Waals surface area contributed by atoms with E-state index in [4.69, 9.17) is 15.6 Å². The van der Waals surface area contributed by atoms with Gasteiger partial charge in [-0.2, -0.15) is 0 Å². The molecule has 8 heteroatoms. The standard InChI is InChI=1S/C9H13N3O5/c10-4-2-12(9(16)11-8(4)15)7-1-5(14)6(3-13)17-7/h2,5-7,13-14H,1,3,10H2,(H,11,15,16)/t5-,6?,7?/m1/s1. The Morgan fingerprint density at radius 3 is 2.88 bits per heavy atom. The van der Waals surface area contributed by atoms with E-state index in [-0.39, 0.29) is 18.7 Å². The Morgan fingerprint density at radius 1 is 1.59 bits per heavy atom. The molecule has 1 aliphatic heterocycles. The summed E-state index contributed by atoms with van der Waals surface area (Å²) in [6.07, 6.45) is -1.02. The van der Waals surface area contributed by atoms with E-state index >= 15 is 0 Å². The van der Waals surface area contributed by atoms with Crippen LogP contribution in [0.5, 0.6) is 0 Å². The van der Waals surface area contributed by atoms with Crippen molar-refractivity contribution in [1.82, 2.24) is 9.55 Å². The fourth-order valence-corrected chi connectivity index (χ4v) is 1.77. The van der Waals surface area contributed by atoms with Crippen LogP contribution in [-0.4, -0.2) is 38.6 Å². The third kappa shape index (κ3) is 2.09. The number of aliphatic hydroxyl groups is 2. The van der Waals surface area contributed by atoms with Crippen LogP contribution in [0.1, 0.15) is 12.6 Å². The molecule has 17 heavy (non-hydrogen) atoms. The van der Waals surface area contributed by atoms with E-state index in [9.17, 15) is 14.7 Å². The van der Waals surface area contributed by atoms with E-state index in [1.54, 1.807) is 0 Å². The Balaban J connectivity index is 2.34. The smallest absolute Gasteiger partial charge is 0.330 e. The Morgan fingerprint density at radius 2 is 2.29 bits per heavy atom. The van der Waals surface area contributed by atoms with Crippen molar-refractivity contribution in [3.05, 3.63) is 27.0 Å². The van der Waals surface area contributed by atoms with Crippen molar-refractivity contribution in [1.29, 1.82) is 0 Å². The third-order valence-corrected chi connectivity index (χ3v) is 2.69. The van der Waals surface area contributed by atoms with Crippen LogP contribution in [0.2, 0.25) is 0 Å². The maximum Gasteiger partial charge on any atom is 0.330 e. The Bertz CT molecular complexity index is 522. The monoisotopic (exact) mass is 243 g/mol. The van der Waals surface area contributed by atoms with Crippen LogP contribution < -0.4 is 17.0 Å². The predicted molar refractivity (Wildman–Crippen MR) is 57.4 cm³/mol. The highest BCUT2D eigenvalue weighted by molar-refractivity contribution is 5.30. The minimum absolute atomic E-state index is 0.116. The van der Waals surface area contributed by atoms with E-state index in [0.717, 1.165) is 10.8 Å². The van der Waals surface area contributed by atoms with Gasteiger partial charge in [0, 0.05) is 12.6 Å². The van der Waals surface area contributed by atoms with Crippen LogP contribution >= 0.6 is 0 Å². The summed E-state index contributed by atoms with van der Waals surface area (Å²) in [5.74, 6) is 0. The van der Waals surface area contributed by atoms with Gasteiger partial charge in [-0.15, -0.1) is 0 Å². The van der Waals surface area contributed by atoms with Crippen molar-refractivity contribution in [2.75, 3.05) is 12.3 Å². The first-order valence-electron chi connectivity index (χ1n) is 5.08. The molecule has 1 aromatic heterocycles. The van der Waals surface area contributed by atoms with Crippen molar-refractivity contribution in [3.8, 4) is 0 Å². The van der Waals surface area contributed by atoms with Gasteiger partial charge in [-0.3, -0.25) is 14.3 Å². The van der Waals surface area contributed by atoms with Crippen LogP contribution in [0.15, 0.2) is 15.8 Å². The van der Waals surface area contributed by atoms with Gasteiger partial charge in [0.05, 0.1) is 12.7 Å². The molecular formula is C9H13N3O5. The molecule has 2 rings (SSSR count). The number of nitrogens with one attached hydrogen (secondary N) is 1. The van der Waals surface area contributed by atoms with Gasteiger partial charge < -0.3 is 20.7 Å². The zero-order chi connectivity index (χ0) is 12.6. The van der Waals surface area contributed by atoms with Gasteiger partial charge in [-0.1, -0.05) is 0 Å². The lowest BCUT2D eigenvalue weighted by Crippen LogP contribution is -2.33. The van der Waals surface area contributed by atoms with Gasteiger partial charge in [0.2, 0.25) is 0 Å². The molecule has 8 nitrogen and oxygen atoms in total. The van der Waals surface area contributed by atoms with Crippen molar-refractivity contribution in [3.63, 3.8) is 0 Å². The van der Waals surface area contributed by atoms with Crippen LogP contribution in [0.4, 0.5) is 5.69 Å². The van der Waals surface area contributed by atoms with Crippen molar-refractivity contribution in [2.45, 2.75) is 24.9 Å². The molecule has 1 saturated heterocycles. The summed E-state index contributed by atoms with van der Waals surface area (Å²) in [6, 6.07) is 0. The number of aromatic amines is 1. The van der Waals surface area contributed by atoms with Gasteiger partial charge in [0.15, 0.2) is 0 Å². The van der Waals surface area contributed by atoms with Crippen molar-refractivity contribution < 1.29 is 14.9 Å². The van der Waals surface area contributed by atoms with Gasteiger partial charge in [0.1, 0.15) is 18.0 Å². The zero-order valence-electron chi connectivity index (χ0n) is 8.87. The SMILES string of the molecule is Nc1cn(C2C[C@@H](O)C(CO)O2)c(=O)[nH]c1=O. The number of nitrogens with zero attached hydrogens (tertiary/aromatic N) is 1. The number of aliphatic hydroxyl groups excluding tert-OH is 2. The first-order valence-corrected chi connectivity index (χ1v) is 5.08. The molecule has 0 aliphatic carbocycles. The third-order valence-electron chi connectivity index (χ3n) is 2.69. The number of hydrogen-bond donors (Lipinski definition) is 4. The van der Waals surface area contributed by atoms with Gasteiger partial charge in [-0.25, -0.2) is 4.79 Å². The number of H-pyrrole nitrogens is 1. The number of nitrogen functional groups attached to an aromatic ring is 1. The molecule has 0 aromatic carbocycles. The van der Waals surface area contributed by atoms with E-state index in [1.807, 2.05) is 4.98 Å². The Hall–Kier alpha value is -1.64. The quantitative estimate of drug-likeness (QED) is 0.464. The molecule has 1 aliphatic rings. The maximum absolute atomic E-state index is 11.5. The number of ether oxygens (including phenoxy) is 1. The lowest BCUT2D eigenvalue weighted by molar-refractivity contribution is -0.0458. The Kier molecular flexibility index (Phi) is 3.01. The van der Waals surface area contributed by atoms with E-state index in [1.165, 1.54) is 0 Å². The second kappa shape index (κ2) is 4.32. The fourth-order valence-electron chi connectivity index (χ4n) is 1.77. The van der Waals surface area contributed by atoms with Crippen LogP contribution in [-0.2, 0) is 4.74 Å². The average Bonchev–Trinajstić information content (AvgIpc) is 2.65. The first-order chi connectivity index (χ1) is 8.02. The lowest BCUT2D eigenvalue weighted by atomic mass is 10.2. The van der Waals surface area contributed by atoms with Gasteiger partial charge in [-0.05, 0) is 0 Å². The zero-order valence-corrected chi connectivity index (χ0v) is 8.87. The molecule has 0 spiro atoms. The second-order valence-corrected chi connectivity index (χ2v) is 3.87. The van der Waals surface area contributed by atoms with Crippen molar-refractivity contribution >= 4 is 5.69 Å². The largest absolute Gasteiger partial charge is 0.394 e. The topological polar surface area (TPSA) is 131 Å². The summed E-state index contributed by atoms with van der Waals surface area (Å²) in [4.78, 5) is 24.6.